The van der Waals surface area contributed by atoms with Gasteiger partial charge in [0.25, 0.3) is 0 Å². The molecule has 0 aromatic rings. The number of nitrogens with one attached hydrogen (secondary N) is 1. The maximum Gasteiger partial charge on any atom is 0.0899 e. The average molecular weight is 225 g/mol. The summed E-state index contributed by atoms with van der Waals surface area (Å²) in [5.41, 5.74) is 0.440. The molecule has 0 aromatic carbocycles. The first-order chi connectivity index (χ1) is 7.18. The van der Waals surface area contributed by atoms with Gasteiger partial charge in [-0.1, -0.05) is 0 Å². The first kappa shape index (κ1) is 13.4. The molecule has 1 aliphatic heterocycles. The van der Waals surface area contributed by atoms with Gasteiger partial charge in [-0.2, -0.15) is 0 Å². The van der Waals surface area contributed by atoms with Crippen LogP contribution < -0.4 is 5.32 Å². The Bertz CT molecular complexity index is 245. The van der Waals surface area contributed by atoms with Crippen molar-refractivity contribution in [1.29, 1.82) is 0 Å². The summed E-state index contributed by atoms with van der Waals surface area (Å²) in [4.78, 5) is 4.72. The highest BCUT2D eigenvalue weighted by Gasteiger charge is 2.23. The SMILES string of the molecule is CC(C)(C)NCCN1C=CN(C(C)(C)C)C1. The van der Waals surface area contributed by atoms with Gasteiger partial charge in [-0.05, 0) is 41.5 Å². The molecule has 1 N–H and O–H groups in total. The summed E-state index contributed by atoms with van der Waals surface area (Å²) in [6, 6.07) is 0. The Morgan fingerprint density at radius 1 is 1.06 bits per heavy atom. The van der Waals surface area contributed by atoms with Crippen LogP contribution in [0.1, 0.15) is 41.5 Å². The summed E-state index contributed by atoms with van der Waals surface area (Å²) >= 11 is 0. The molecule has 0 fully saturated rings. The van der Waals surface area contributed by atoms with Gasteiger partial charge >= 0.3 is 0 Å². The van der Waals surface area contributed by atoms with E-state index in [0.717, 1.165) is 19.8 Å². The van der Waals surface area contributed by atoms with Crippen LogP contribution in [0.2, 0.25) is 0 Å². The highest BCUT2D eigenvalue weighted by Crippen LogP contribution is 2.18. The predicted molar refractivity (Wildman–Crippen MR) is 70.1 cm³/mol. The van der Waals surface area contributed by atoms with Gasteiger partial charge in [-0.15, -0.1) is 0 Å². The largest absolute Gasteiger partial charge is 0.357 e. The van der Waals surface area contributed by atoms with Crippen LogP contribution >= 0.6 is 0 Å². The van der Waals surface area contributed by atoms with Gasteiger partial charge in [0.2, 0.25) is 0 Å². The van der Waals surface area contributed by atoms with Gasteiger partial charge in [0, 0.05) is 36.6 Å². The van der Waals surface area contributed by atoms with Crippen LogP contribution in [-0.2, 0) is 0 Å². The van der Waals surface area contributed by atoms with Gasteiger partial charge in [0.15, 0.2) is 0 Å². The van der Waals surface area contributed by atoms with Crippen LogP contribution in [0.25, 0.3) is 0 Å². The second kappa shape index (κ2) is 4.66. The van der Waals surface area contributed by atoms with E-state index in [4.69, 9.17) is 0 Å². The number of hydrogen-bond donors (Lipinski definition) is 1. The van der Waals surface area contributed by atoms with Gasteiger partial charge < -0.3 is 15.1 Å². The topological polar surface area (TPSA) is 18.5 Å². The molecule has 3 nitrogen and oxygen atoms in total. The molecular weight excluding hydrogens is 198 g/mol. The normalized spacial score (nSPS) is 17.4. The molecule has 0 bridgehead atoms. The lowest BCUT2D eigenvalue weighted by Crippen LogP contribution is -2.43. The molecule has 1 aliphatic rings. The van der Waals surface area contributed by atoms with E-state index < -0.39 is 0 Å². The summed E-state index contributed by atoms with van der Waals surface area (Å²) < 4.78 is 0. The first-order valence-corrected chi connectivity index (χ1v) is 6.13. The lowest BCUT2D eigenvalue weighted by molar-refractivity contribution is 0.160. The van der Waals surface area contributed by atoms with Crippen molar-refractivity contribution in [1.82, 2.24) is 15.1 Å². The van der Waals surface area contributed by atoms with Crippen molar-refractivity contribution in [3.8, 4) is 0 Å². The molecule has 0 aliphatic carbocycles. The van der Waals surface area contributed by atoms with Crippen molar-refractivity contribution in [2.75, 3.05) is 19.8 Å². The highest BCUT2D eigenvalue weighted by atomic mass is 15.4. The lowest BCUT2D eigenvalue weighted by atomic mass is 10.1. The fourth-order valence-corrected chi connectivity index (χ4v) is 1.62. The van der Waals surface area contributed by atoms with Gasteiger partial charge in [-0.25, -0.2) is 0 Å². The zero-order valence-corrected chi connectivity index (χ0v) is 11.7. The van der Waals surface area contributed by atoms with Crippen molar-refractivity contribution in [3.63, 3.8) is 0 Å². The van der Waals surface area contributed by atoms with Crippen LogP contribution in [0.4, 0.5) is 0 Å². The van der Waals surface area contributed by atoms with Crippen LogP contribution in [0, 0.1) is 0 Å². The molecule has 0 saturated carbocycles. The first-order valence-electron chi connectivity index (χ1n) is 6.13. The standard InChI is InChI=1S/C13H27N3/c1-12(2,3)14-7-8-15-9-10-16(11-15)13(4,5)6/h9-10,14H,7-8,11H2,1-6H3. The Labute approximate surface area is 100 Å². The van der Waals surface area contributed by atoms with E-state index in [-0.39, 0.29) is 11.1 Å². The maximum atomic E-state index is 3.51. The van der Waals surface area contributed by atoms with Crippen LogP contribution in [0.3, 0.4) is 0 Å². The molecule has 0 radical (unpaired) electrons. The highest BCUT2D eigenvalue weighted by molar-refractivity contribution is 4.96. The average Bonchev–Trinajstić information content (AvgIpc) is 2.49. The molecule has 0 atom stereocenters. The maximum absolute atomic E-state index is 3.51. The molecule has 3 heteroatoms. The third kappa shape index (κ3) is 4.44. The molecule has 94 valence electrons. The summed E-state index contributed by atoms with van der Waals surface area (Å²) in [6.45, 7) is 16.5. The zero-order chi connectivity index (χ0) is 12.4. The Balaban J connectivity index is 2.26. The lowest BCUT2D eigenvalue weighted by Gasteiger charge is -2.33. The van der Waals surface area contributed by atoms with Crippen molar-refractivity contribution in [3.05, 3.63) is 12.4 Å². The molecular formula is C13H27N3. The molecule has 1 rings (SSSR count). The Kier molecular flexibility index (Phi) is 3.89. The summed E-state index contributed by atoms with van der Waals surface area (Å²) in [7, 11) is 0. The van der Waals surface area contributed by atoms with Crippen LogP contribution in [0.5, 0.6) is 0 Å². The minimum Gasteiger partial charge on any atom is -0.357 e. The second-order valence-electron chi connectivity index (χ2n) is 6.57. The number of rotatable bonds is 3. The Morgan fingerprint density at radius 2 is 1.69 bits per heavy atom. The van der Waals surface area contributed by atoms with E-state index in [2.05, 4.69) is 69.1 Å². The quantitative estimate of drug-likeness (QED) is 0.794. The number of nitrogens with zero attached hydrogens (tertiary/aromatic N) is 2. The second-order valence-corrected chi connectivity index (χ2v) is 6.57. The Morgan fingerprint density at radius 3 is 2.12 bits per heavy atom. The van der Waals surface area contributed by atoms with Crippen molar-refractivity contribution < 1.29 is 0 Å². The number of hydrogen-bond acceptors (Lipinski definition) is 3. The smallest absolute Gasteiger partial charge is 0.0899 e. The molecule has 0 spiro atoms. The summed E-state index contributed by atoms with van der Waals surface area (Å²) in [5.74, 6) is 0. The molecule has 16 heavy (non-hydrogen) atoms. The van der Waals surface area contributed by atoms with Gasteiger partial charge in [-0.3, -0.25) is 0 Å². The fourth-order valence-electron chi connectivity index (χ4n) is 1.62. The van der Waals surface area contributed by atoms with Crippen molar-refractivity contribution in [2.45, 2.75) is 52.6 Å². The van der Waals surface area contributed by atoms with E-state index in [1.807, 2.05) is 0 Å². The van der Waals surface area contributed by atoms with Gasteiger partial charge in [0.1, 0.15) is 0 Å². The van der Waals surface area contributed by atoms with Crippen LogP contribution in [0.15, 0.2) is 12.4 Å². The van der Waals surface area contributed by atoms with E-state index in [9.17, 15) is 0 Å². The monoisotopic (exact) mass is 225 g/mol. The summed E-state index contributed by atoms with van der Waals surface area (Å²) in [5, 5.41) is 3.51. The third-order valence-corrected chi connectivity index (χ3v) is 2.71. The molecule has 0 amide bonds. The van der Waals surface area contributed by atoms with E-state index in [0.29, 0.717) is 0 Å². The summed E-state index contributed by atoms with van der Waals surface area (Å²) in [6.07, 6.45) is 4.38. The van der Waals surface area contributed by atoms with E-state index in [1.165, 1.54) is 0 Å². The van der Waals surface area contributed by atoms with Crippen molar-refractivity contribution >= 4 is 0 Å². The third-order valence-electron chi connectivity index (χ3n) is 2.71. The molecule has 0 unspecified atom stereocenters. The zero-order valence-electron chi connectivity index (χ0n) is 11.7. The minimum atomic E-state index is 0.215. The predicted octanol–water partition coefficient (Wildman–Crippen LogP) is 2.22. The van der Waals surface area contributed by atoms with Gasteiger partial charge in [0.05, 0.1) is 6.67 Å². The van der Waals surface area contributed by atoms with Crippen molar-refractivity contribution in [2.24, 2.45) is 0 Å². The molecule has 1 heterocycles. The Hall–Kier alpha value is -0.700. The van der Waals surface area contributed by atoms with Crippen LogP contribution in [-0.4, -0.2) is 40.6 Å². The molecule has 0 aromatic heterocycles. The fraction of sp³-hybridized carbons (Fsp3) is 0.846. The van der Waals surface area contributed by atoms with E-state index in [1.54, 1.807) is 0 Å². The molecule has 0 saturated heterocycles. The van der Waals surface area contributed by atoms with E-state index >= 15 is 0 Å². The minimum absolute atomic E-state index is 0.215.